The van der Waals surface area contributed by atoms with Crippen LogP contribution in [0.5, 0.6) is 0 Å². The SMILES string of the molecule is CCC(O)c1ccc(C(=O)O)c(C(=O)O)c1C. The Balaban J connectivity index is 3.49. The third-order valence-electron chi connectivity index (χ3n) is 2.70. The number of carboxylic acid groups (broad SMARTS) is 2. The van der Waals surface area contributed by atoms with Crippen LogP contribution in [-0.4, -0.2) is 27.3 Å². The van der Waals surface area contributed by atoms with Crippen LogP contribution in [0.4, 0.5) is 0 Å². The molecule has 0 fully saturated rings. The fourth-order valence-corrected chi connectivity index (χ4v) is 1.76. The molecule has 1 atom stereocenters. The van der Waals surface area contributed by atoms with Crippen molar-refractivity contribution in [3.63, 3.8) is 0 Å². The van der Waals surface area contributed by atoms with Gasteiger partial charge in [0.25, 0.3) is 0 Å². The highest BCUT2D eigenvalue weighted by Gasteiger charge is 2.22. The summed E-state index contributed by atoms with van der Waals surface area (Å²) in [6.07, 6.45) is -0.345. The third-order valence-corrected chi connectivity index (χ3v) is 2.70. The number of aliphatic hydroxyl groups is 1. The van der Waals surface area contributed by atoms with E-state index in [2.05, 4.69) is 0 Å². The Morgan fingerprint density at radius 2 is 1.82 bits per heavy atom. The van der Waals surface area contributed by atoms with E-state index in [-0.39, 0.29) is 11.1 Å². The fraction of sp³-hybridized carbons (Fsp3) is 0.333. The monoisotopic (exact) mass is 238 g/mol. The van der Waals surface area contributed by atoms with Crippen molar-refractivity contribution in [2.24, 2.45) is 0 Å². The van der Waals surface area contributed by atoms with Gasteiger partial charge in [0.2, 0.25) is 0 Å². The van der Waals surface area contributed by atoms with E-state index < -0.39 is 18.0 Å². The second-order valence-corrected chi connectivity index (χ2v) is 3.74. The largest absolute Gasteiger partial charge is 0.478 e. The van der Waals surface area contributed by atoms with Crippen LogP contribution >= 0.6 is 0 Å². The van der Waals surface area contributed by atoms with Crippen LogP contribution in [0.1, 0.15) is 51.3 Å². The van der Waals surface area contributed by atoms with Crippen LogP contribution in [0.15, 0.2) is 12.1 Å². The first-order valence-electron chi connectivity index (χ1n) is 5.18. The molecule has 0 aliphatic carbocycles. The van der Waals surface area contributed by atoms with Crippen LogP contribution in [0.3, 0.4) is 0 Å². The van der Waals surface area contributed by atoms with Crippen LogP contribution < -0.4 is 0 Å². The lowest BCUT2D eigenvalue weighted by Crippen LogP contribution is -2.13. The molecule has 0 bridgehead atoms. The smallest absolute Gasteiger partial charge is 0.336 e. The molecule has 0 saturated heterocycles. The predicted molar refractivity (Wildman–Crippen MR) is 60.3 cm³/mol. The summed E-state index contributed by atoms with van der Waals surface area (Å²) in [7, 11) is 0. The minimum atomic E-state index is -1.30. The van der Waals surface area contributed by atoms with Gasteiger partial charge in [-0.15, -0.1) is 0 Å². The van der Waals surface area contributed by atoms with Crippen molar-refractivity contribution in [3.8, 4) is 0 Å². The zero-order valence-electron chi connectivity index (χ0n) is 9.60. The lowest BCUT2D eigenvalue weighted by Gasteiger charge is -2.15. The third kappa shape index (κ3) is 2.45. The standard InChI is InChI=1S/C12H14O5/c1-3-9(13)7-4-5-8(11(14)15)10(6(7)2)12(16)17/h4-5,9,13H,3H2,1-2H3,(H,14,15)(H,16,17). The molecule has 0 spiro atoms. The summed E-state index contributed by atoms with van der Waals surface area (Å²) in [4.78, 5) is 22.0. The van der Waals surface area contributed by atoms with Crippen LogP contribution in [0, 0.1) is 6.92 Å². The minimum Gasteiger partial charge on any atom is -0.478 e. The summed E-state index contributed by atoms with van der Waals surface area (Å²) in [6, 6.07) is 2.67. The van der Waals surface area contributed by atoms with Gasteiger partial charge in [-0.1, -0.05) is 13.0 Å². The van der Waals surface area contributed by atoms with Crippen molar-refractivity contribution >= 4 is 11.9 Å². The number of rotatable bonds is 4. The molecule has 0 aliphatic rings. The lowest BCUT2D eigenvalue weighted by molar-refractivity contribution is 0.0650. The Hall–Kier alpha value is -1.88. The van der Waals surface area contributed by atoms with Gasteiger partial charge in [0.05, 0.1) is 17.2 Å². The van der Waals surface area contributed by atoms with Crippen molar-refractivity contribution in [1.29, 1.82) is 0 Å². The van der Waals surface area contributed by atoms with Gasteiger partial charge < -0.3 is 15.3 Å². The zero-order chi connectivity index (χ0) is 13.2. The normalized spacial score (nSPS) is 12.2. The first-order valence-corrected chi connectivity index (χ1v) is 5.18. The molecule has 1 unspecified atom stereocenters. The summed E-state index contributed by atoms with van der Waals surface area (Å²) in [5.74, 6) is -2.59. The quantitative estimate of drug-likeness (QED) is 0.743. The molecule has 0 heterocycles. The predicted octanol–water partition coefficient (Wildman–Crippen LogP) is 1.83. The molecule has 1 aromatic carbocycles. The van der Waals surface area contributed by atoms with Gasteiger partial charge >= 0.3 is 11.9 Å². The van der Waals surface area contributed by atoms with E-state index >= 15 is 0 Å². The Bertz CT molecular complexity index is 464. The number of aliphatic hydroxyl groups excluding tert-OH is 1. The van der Waals surface area contributed by atoms with Gasteiger partial charge in [-0.05, 0) is 30.5 Å². The second kappa shape index (κ2) is 4.97. The van der Waals surface area contributed by atoms with E-state index in [0.29, 0.717) is 17.5 Å². The van der Waals surface area contributed by atoms with Crippen LogP contribution in [0.2, 0.25) is 0 Å². The molecular weight excluding hydrogens is 224 g/mol. The van der Waals surface area contributed by atoms with Gasteiger partial charge in [0.1, 0.15) is 0 Å². The topological polar surface area (TPSA) is 94.8 Å². The van der Waals surface area contributed by atoms with E-state index in [1.165, 1.54) is 19.1 Å². The zero-order valence-corrected chi connectivity index (χ0v) is 9.60. The van der Waals surface area contributed by atoms with Crippen molar-refractivity contribution < 1.29 is 24.9 Å². The number of carboxylic acids is 2. The van der Waals surface area contributed by atoms with E-state index in [1.54, 1.807) is 6.92 Å². The van der Waals surface area contributed by atoms with Crippen molar-refractivity contribution in [3.05, 3.63) is 34.4 Å². The molecule has 0 amide bonds. The average Bonchev–Trinajstić information content (AvgIpc) is 2.26. The van der Waals surface area contributed by atoms with Gasteiger partial charge in [0, 0.05) is 0 Å². The molecule has 1 aromatic rings. The Kier molecular flexibility index (Phi) is 3.85. The average molecular weight is 238 g/mol. The maximum atomic E-state index is 11.1. The first kappa shape index (κ1) is 13.2. The van der Waals surface area contributed by atoms with Gasteiger partial charge in [0.15, 0.2) is 0 Å². The van der Waals surface area contributed by atoms with E-state index in [4.69, 9.17) is 10.2 Å². The molecule has 1 rings (SSSR count). The van der Waals surface area contributed by atoms with Crippen molar-refractivity contribution in [1.82, 2.24) is 0 Å². The number of aromatic carboxylic acids is 2. The fourth-order valence-electron chi connectivity index (χ4n) is 1.76. The van der Waals surface area contributed by atoms with Crippen LogP contribution in [-0.2, 0) is 0 Å². The van der Waals surface area contributed by atoms with Gasteiger partial charge in [-0.2, -0.15) is 0 Å². The van der Waals surface area contributed by atoms with Gasteiger partial charge in [-0.25, -0.2) is 9.59 Å². The number of hydrogen-bond acceptors (Lipinski definition) is 3. The highest BCUT2D eigenvalue weighted by molar-refractivity contribution is 6.03. The molecule has 3 N–H and O–H groups in total. The Labute approximate surface area is 98.3 Å². The molecule has 92 valence electrons. The molecule has 5 heteroatoms. The molecular formula is C12H14O5. The molecule has 5 nitrogen and oxygen atoms in total. The lowest BCUT2D eigenvalue weighted by atomic mass is 9.93. The summed E-state index contributed by atoms with van der Waals surface area (Å²) in [6.45, 7) is 3.26. The molecule has 0 radical (unpaired) electrons. The second-order valence-electron chi connectivity index (χ2n) is 3.74. The Morgan fingerprint density at radius 1 is 1.24 bits per heavy atom. The maximum absolute atomic E-state index is 11.1. The molecule has 0 aromatic heterocycles. The maximum Gasteiger partial charge on any atom is 0.336 e. The minimum absolute atomic E-state index is 0.262. The van der Waals surface area contributed by atoms with E-state index in [0.717, 1.165) is 0 Å². The highest BCUT2D eigenvalue weighted by Crippen LogP contribution is 2.25. The summed E-state index contributed by atoms with van der Waals surface area (Å²) in [5.41, 5.74) is 0.228. The van der Waals surface area contributed by atoms with Gasteiger partial charge in [-0.3, -0.25) is 0 Å². The highest BCUT2D eigenvalue weighted by atomic mass is 16.4. The molecule has 17 heavy (non-hydrogen) atoms. The van der Waals surface area contributed by atoms with Crippen molar-refractivity contribution in [2.45, 2.75) is 26.4 Å². The molecule has 0 aliphatic heterocycles. The first-order chi connectivity index (χ1) is 7.90. The summed E-state index contributed by atoms with van der Waals surface area (Å²) in [5, 5.41) is 27.6. The van der Waals surface area contributed by atoms with Crippen LogP contribution in [0.25, 0.3) is 0 Å². The van der Waals surface area contributed by atoms with E-state index in [9.17, 15) is 14.7 Å². The summed E-state index contributed by atoms with van der Waals surface area (Å²) >= 11 is 0. The molecule has 0 saturated carbocycles. The number of hydrogen-bond donors (Lipinski definition) is 3. The van der Waals surface area contributed by atoms with Crippen molar-refractivity contribution in [2.75, 3.05) is 0 Å². The summed E-state index contributed by atoms with van der Waals surface area (Å²) < 4.78 is 0. The van der Waals surface area contributed by atoms with E-state index in [1.807, 2.05) is 0 Å². The number of benzene rings is 1. The number of carbonyl (C=O) groups is 2. The Morgan fingerprint density at radius 3 is 2.24 bits per heavy atom.